The van der Waals surface area contributed by atoms with Gasteiger partial charge in [-0.25, -0.2) is 0 Å². The third kappa shape index (κ3) is 7.25. The Morgan fingerprint density at radius 1 is 0.617 bits per heavy atom. The standard InChI is InChI=1S/C35H33NO8S3/c1-26-15-19-31(20-16-26)47(41,42)43-34-24-23-32(46(38,39)40)25-33(34)36(37)44-45(28-11-7-5-8-12-28,29-13-9-6-10-14-29)30-21-17-27(18-22-30)35(2,3)4/h5-25H,1-4H3/p+1. The fourth-order valence-corrected chi connectivity index (χ4v) is 9.19. The quantitative estimate of drug-likeness (QED) is 0.0877. The van der Waals surface area contributed by atoms with Gasteiger partial charge in [-0.2, -0.15) is 21.1 Å². The second-order valence-electron chi connectivity index (χ2n) is 11.7. The first-order chi connectivity index (χ1) is 22.1. The molecule has 0 aliphatic heterocycles. The summed E-state index contributed by atoms with van der Waals surface area (Å²) in [5.41, 5.74) is 1.11. The van der Waals surface area contributed by atoms with Gasteiger partial charge in [-0.05, 0) is 78.6 Å². The molecule has 5 aromatic rings. The summed E-state index contributed by atoms with van der Waals surface area (Å²) in [6.45, 7) is 8.04. The summed E-state index contributed by atoms with van der Waals surface area (Å²) in [6, 6.07) is 34.5. The van der Waals surface area contributed by atoms with Crippen LogP contribution in [0.15, 0.2) is 152 Å². The van der Waals surface area contributed by atoms with E-state index in [2.05, 4.69) is 20.8 Å². The van der Waals surface area contributed by atoms with Crippen LogP contribution < -0.4 is 4.18 Å². The number of rotatable bonds is 10. The molecule has 47 heavy (non-hydrogen) atoms. The molecule has 0 aromatic heterocycles. The molecule has 5 aromatic carbocycles. The van der Waals surface area contributed by atoms with Crippen LogP contribution in [-0.2, 0) is 29.9 Å². The molecule has 0 radical (unpaired) electrons. The first-order valence-corrected chi connectivity index (χ1v) is 18.9. The highest BCUT2D eigenvalue weighted by atomic mass is 32.3. The minimum absolute atomic E-state index is 0.0572. The van der Waals surface area contributed by atoms with Crippen LogP contribution in [0.3, 0.4) is 0 Å². The monoisotopic (exact) mass is 692 g/mol. The Morgan fingerprint density at radius 3 is 1.57 bits per heavy atom. The maximum absolute atomic E-state index is 14.3. The van der Waals surface area contributed by atoms with Gasteiger partial charge in [0.1, 0.15) is 9.79 Å². The third-order valence-corrected chi connectivity index (χ3v) is 12.6. The highest BCUT2D eigenvalue weighted by molar-refractivity contribution is 8.29. The number of nitrogens with zero attached hydrogens (tertiary/aromatic N) is 1. The van der Waals surface area contributed by atoms with E-state index in [0.717, 1.165) is 29.3 Å². The average Bonchev–Trinajstić information content (AvgIpc) is 3.04. The predicted molar refractivity (Wildman–Crippen MR) is 180 cm³/mol. The van der Waals surface area contributed by atoms with Crippen molar-refractivity contribution in [3.05, 3.63) is 143 Å². The zero-order valence-corrected chi connectivity index (χ0v) is 28.6. The van der Waals surface area contributed by atoms with E-state index < -0.39 is 46.9 Å². The van der Waals surface area contributed by atoms with Crippen molar-refractivity contribution in [1.29, 1.82) is 0 Å². The van der Waals surface area contributed by atoms with Crippen LogP contribution in [-0.4, -0.2) is 26.3 Å². The Bertz CT molecular complexity index is 2070. The maximum atomic E-state index is 14.3. The summed E-state index contributed by atoms with van der Waals surface area (Å²) in [5.74, 6) is -0.509. The van der Waals surface area contributed by atoms with E-state index in [4.69, 9.17) is 8.47 Å². The number of benzene rings is 5. The number of hydrogen-bond acceptors (Lipinski definition) is 7. The van der Waals surface area contributed by atoms with E-state index in [1.54, 1.807) is 19.1 Å². The Hall–Kier alpha value is -4.49. The molecule has 0 spiro atoms. The molecule has 1 N–H and O–H groups in total. The van der Waals surface area contributed by atoms with Gasteiger partial charge in [0, 0.05) is 20.8 Å². The first kappa shape index (κ1) is 33.9. The molecule has 0 fully saturated rings. The van der Waals surface area contributed by atoms with Gasteiger partial charge >= 0.3 is 15.8 Å². The molecule has 0 unspecified atom stereocenters. The van der Waals surface area contributed by atoms with Crippen LogP contribution in [0.2, 0.25) is 0 Å². The van der Waals surface area contributed by atoms with Crippen molar-refractivity contribution in [2.75, 3.05) is 0 Å². The fourth-order valence-electron chi connectivity index (χ4n) is 4.79. The molecule has 0 saturated carbocycles. The van der Waals surface area contributed by atoms with Crippen molar-refractivity contribution < 1.29 is 34.8 Å². The molecule has 0 atom stereocenters. The molecule has 0 bridgehead atoms. The Kier molecular flexibility index (Phi) is 9.33. The van der Waals surface area contributed by atoms with Crippen molar-refractivity contribution in [2.24, 2.45) is 0 Å². The summed E-state index contributed by atoms with van der Waals surface area (Å²) in [7, 11) is -12.2. The van der Waals surface area contributed by atoms with Crippen LogP contribution in [0, 0.1) is 11.8 Å². The van der Waals surface area contributed by atoms with Crippen LogP contribution >= 0.6 is 10.3 Å². The Morgan fingerprint density at radius 2 is 1.09 bits per heavy atom. The highest BCUT2D eigenvalue weighted by Gasteiger charge is 2.43. The van der Waals surface area contributed by atoms with Crippen LogP contribution in [0.1, 0.15) is 31.9 Å². The largest absolute Gasteiger partial charge is 0.371 e. The normalized spacial score (nSPS) is 12.7. The van der Waals surface area contributed by atoms with E-state index in [-0.39, 0.29) is 15.2 Å². The lowest BCUT2D eigenvalue weighted by atomic mass is 9.87. The van der Waals surface area contributed by atoms with Crippen molar-refractivity contribution in [1.82, 2.24) is 0 Å². The van der Waals surface area contributed by atoms with Crippen molar-refractivity contribution in [2.45, 2.75) is 57.6 Å². The zero-order valence-electron chi connectivity index (χ0n) is 26.1. The molecule has 9 nitrogen and oxygen atoms in total. The predicted octanol–water partition coefficient (Wildman–Crippen LogP) is 8.55. The summed E-state index contributed by atoms with van der Waals surface area (Å²) < 4.78 is 72.6. The van der Waals surface area contributed by atoms with Gasteiger partial charge in [0.25, 0.3) is 15.0 Å². The molecule has 0 saturated heterocycles. The maximum Gasteiger partial charge on any atom is 0.362 e. The Labute approximate surface area is 276 Å². The molecule has 5 rings (SSSR count). The third-order valence-electron chi connectivity index (χ3n) is 7.32. The SMILES string of the molecule is Cc1ccc(S(=O)(=O)Oc2ccc(S(=O)(=O)O)cc2[N+](=O)OS(c2ccccc2)(c2ccccc2)c2ccc(C(C)(C)C)cc2)cc1. The van der Waals surface area contributed by atoms with Gasteiger partial charge in [0.15, 0.2) is 0 Å². The highest BCUT2D eigenvalue weighted by Crippen LogP contribution is 2.69. The van der Waals surface area contributed by atoms with Gasteiger partial charge in [0.2, 0.25) is 5.75 Å². The molecule has 12 heteroatoms. The molecule has 244 valence electrons. The van der Waals surface area contributed by atoms with Gasteiger partial charge in [0.05, 0.1) is 15.2 Å². The van der Waals surface area contributed by atoms with Crippen LogP contribution in [0.4, 0.5) is 5.69 Å². The molecular weight excluding hydrogens is 659 g/mol. The van der Waals surface area contributed by atoms with Crippen molar-refractivity contribution in [3.8, 4) is 5.75 Å². The van der Waals surface area contributed by atoms with Crippen LogP contribution in [0.25, 0.3) is 0 Å². The van der Waals surface area contributed by atoms with Crippen molar-refractivity contribution >= 4 is 36.2 Å². The average molecular weight is 693 g/mol. The summed E-state index contributed by atoms with van der Waals surface area (Å²) in [6.07, 6.45) is 0. The van der Waals surface area contributed by atoms with Crippen molar-refractivity contribution in [3.63, 3.8) is 0 Å². The summed E-state index contributed by atoms with van der Waals surface area (Å²) >= 11 is 0. The van der Waals surface area contributed by atoms with Gasteiger partial charge < -0.3 is 4.18 Å². The van der Waals surface area contributed by atoms with E-state index in [9.17, 15) is 26.3 Å². The number of aryl methyl sites for hydroxylation is 1. The smallest absolute Gasteiger partial charge is 0.362 e. The number of hydrogen-bond donors (Lipinski definition) is 1. The van der Waals surface area contributed by atoms with Gasteiger partial charge in [-0.1, -0.05) is 87.0 Å². The van der Waals surface area contributed by atoms with E-state index in [1.807, 2.05) is 84.9 Å². The van der Waals surface area contributed by atoms with E-state index in [1.165, 1.54) is 12.1 Å². The zero-order chi connectivity index (χ0) is 34.0. The molecular formula is C35H34NO8S3+. The molecule has 0 heterocycles. The lowest BCUT2D eigenvalue weighted by Gasteiger charge is -2.34. The fraction of sp³-hybridized carbons (Fsp3) is 0.143. The molecule has 0 aliphatic carbocycles. The van der Waals surface area contributed by atoms with Gasteiger partial charge in [-0.15, -0.1) is 0 Å². The first-order valence-electron chi connectivity index (χ1n) is 14.4. The summed E-state index contributed by atoms with van der Waals surface area (Å²) in [4.78, 5) is 15.5. The van der Waals surface area contributed by atoms with E-state index >= 15 is 0 Å². The van der Waals surface area contributed by atoms with Gasteiger partial charge in [-0.3, -0.25) is 4.55 Å². The second-order valence-corrected chi connectivity index (χ2v) is 17.4. The lowest BCUT2D eigenvalue weighted by Crippen LogP contribution is -2.16. The second kappa shape index (κ2) is 13.0. The van der Waals surface area contributed by atoms with E-state index in [0.29, 0.717) is 14.7 Å². The lowest BCUT2D eigenvalue weighted by molar-refractivity contribution is -0.697. The molecule has 0 aliphatic rings. The molecule has 0 amide bonds. The Balaban J connectivity index is 1.71. The minimum Gasteiger partial charge on any atom is -0.371 e. The topological polar surface area (TPSA) is 127 Å². The summed E-state index contributed by atoms with van der Waals surface area (Å²) in [5, 5.41) is 0. The van der Waals surface area contributed by atoms with Crippen LogP contribution in [0.5, 0.6) is 5.75 Å². The minimum atomic E-state index is -4.81.